The molecule has 4 atom stereocenters. The number of aromatic hydroxyl groups is 1. The highest BCUT2D eigenvalue weighted by Crippen LogP contribution is 2.44. The largest absolute Gasteiger partial charge is 0.508 e. The summed E-state index contributed by atoms with van der Waals surface area (Å²) >= 11 is 0. The smallest absolute Gasteiger partial charge is 0.319 e. The maximum atomic E-state index is 16.9. The predicted molar refractivity (Wildman–Crippen MR) is 176 cm³/mol. The van der Waals surface area contributed by atoms with Gasteiger partial charge in [0.2, 0.25) is 0 Å². The summed E-state index contributed by atoms with van der Waals surface area (Å²) in [5.41, 5.74) is 7.03. The number of hydrogen-bond donors (Lipinski definition) is 2. The predicted octanol–water partition coefficient (Wildman–Crippen LogP) is 4.96. The summed E-state index contributed by atoms with van der Waals surface area (Å²) in [5, 5.41) is 12.3. The van der Waals surface area contributed by atoms with E-state index in [1.165, 1.54) is 6.07 Å². The van der Waals surface area contributed by atoms with Crippen LogP contribution in [0.5, 0.6) is 11.8 Å². The Hall–Kier alpha value is -4.11. The molecule has 4 aromatic rings. The third kappa shape index (κ3) is 4.88. The standard InChI is InChI=1S/C36H38F2N6O3/c1-3-22-6-4-7-23-14-25(45)15-26(28(22)23)30-29(38)31-27(17-40-30)33(43-12-9-35(10-13-43)19-46-21(2)32(35)39)42-34(41-31)47-20-36-8-5-11-44(36)18-24(37)16-36/h1,4,6-7,14-15,17,21,24,32,45H,5,8-13,16,18-20,39H2,2H3/t21-,24+,32+,36-/m0/s1. The molecular formula is C36H38F2N6O3. The Bertz CT molecular complexity index is 1930. The molecule has 47 heavy (non-hydrogen) atoms. The topological polar surface area (TPSA) is 110 Å². The summed E-state index contributed by atoms with van der Waals surface area (Å²) < 4.78 is 43.6. The zero-order valence-electron chi connectivity index (χ0n) is 26.4. The Kier molecular flexibility index (Phi) is 7.24. The van der Waals surface area contributed by atoms with E-state index >= 15 is 4.39 Å². The first kappa shape index (κ1) is 30.2. The van der Waals surface area contributed by atoms with Crippen molar-refractivity contribution in [2.75, 3.05) is 44.3 Å². The maximum absolute atomic E-state index is 16.9. The van der Waals surface area contributed by atoms with Crippen molar-refractivity contribution in [2.45, 2.75) is 62.9 Å². The molecule has 4 saturated heterocycles. The van der Waals surface area contributed by atoms with Crippen molar-refractivity contribution in [3.05, 3.63) is 47.9 Å². The van der Waals surface area contributed by atoms with E-state index in [1.54, 1.807) is 24.4 Å². The normalized spacial score (nSPS) is 27.1. The van der Waals surface area contributed by atoms with Crippen LogP contribution in [0.15, 0.2) is 36.5 Å². The SMILES string of the molecule is C#Cc1cccc2cc(O)cc(-c3ncc4c(N5CCC6(CC5)CO[C@@H](C)[C@H]6N)nc(OC[C@@]56CCCN5C[C@H](F)C6)nc4c3F)c12. The number of aromatic nitrogens is 3. The number of phenols is 1. The lowest BCUT2D eigenvalue weighted by molar-refractivity contribution is 0.0973. The monoisotopic (exact) mass is 640 g/mol. The van der Waals surface area contributed by atoms with Gasteiger partial charge in [0.1, 0.15) is 35.6 Å². The summed E-state index contributed by atoms with van der Waals surface area (Å²) in [5.74, 6) is 2.49. The van der Waals surface area contributed by atoms with E-state index in [0.717, 1.165) is 32.2 Å². The molecule has 4 aliphatic heterocycles. The highest BCUT2D eigenvalue weighted by atomic mass is 19.1. The number of halogens is 2. The molecular weight excluding hydrogens is 602 g/mol. The van der Waals surface area contributed by atoms with E-state index in [9.17, 15) is 9.50 Å². The summed E-state index contributed by atoms with van der Waals surface area (Å²) in [4.78, 5) is 18.3. The van der Waals surface area contributed by atoms with Crippen molar-refractivity contribution < 1.29 is 23.4 Å². The van der Waals surface area contributed by atoms with Gasteiger partial charge in [-0.05, 0) is 62.7 Å². The third-order valence-electron chi connectivity index (χ3n) is 11.2. The molecule has 2 aromatic carbocycles. The van der Waals surface area contributed by atoms with Crippen LogP contribution in [0.2, 0.25) is 0 Å². The van der Waals surface area contributed by atoms with Crippen LogP contribution < -0.4 is 15.4 Å². The van der Waals surface area contributed by atoms with Crippen LogP contribution >= 0.6 is 0 Å². The molecule has 3 N–H and O–H groups in total. The molecule has 1 spiro atoms. The van der Waals surface area contributed by atoms with Crippen LogP contribution in [0.3, 0.4) is 0 Å². The van der Waals surface area contributed by atoms with Crippen molar-refractivity contribution >= 4 is 27.5 Å². The minimum atomic E-state index is -0.905. The molecule has 8 rings (SSSR count). The number of ether oxygens (including phenoxy) is 2. The quantitative estimate of drug-likeness (QED) is 0.293. The minimum Gasteiger partial charge on any atom is -0.508 e. The van der Waals surface area contributed by atoms with Gasteiger partial charge in [0, 0.05) is 60.2 Å². The number of anilines is 1. The zero-order valence-corrected chi connectivity index (χ0v) is 26.4. The lowest BCUT2D eigenvalue weighted by Gasteiger charge is -2.41. The second-order valence-electron chi connectivity index (χ2n) is 13.8. The van der Waals surface area contributed by atoms with Gasteiger partial charge in [0.25, 0.3) is 0 Å². The fourth-order valence-electron chi connectivity index (χ4n) is 8.52. The van der Waals surface area contributed by atoms with E-state index < -0.39 is 17.5 Å². The van der Waals surface area contributed by atoms with Crippen LogP contribution in [-0.2, 0) is 4.74 Å². The van der Waals surface area contributed by atoms with Crippen molar-refractivity contribution in [1.29, 1.82) is 0 Å². The lowest BCUT2D eigenvalue weighted by Crippen LogP contribution is -2.50. The first-order valence-corrected chi connectivity index (χ1v) is 16.4. The molecule has 0 bridgehead atoms. The van der Waals surface area contributed by atoms with Crippen LogP contribution in [0.4, 0.5) is 14.6 Å². The maximum Gasteiger partial charge on any atom is 0.319 e. The van der Waals surface area contributed by atoms with Crippen LogP contribution in [0.1, 0.15) is 44.6 Å². The van der Waals surface area contributed by atoms with Crippen molar-refractivity contribution in [3.63, 3.8) is 0 Å². The van der Waals surface area contributed by atoms with Gasteiger partial charge in [-0.3, -0.25) is 9.88 Å². The first-order valence-electron chi connectivity index (χ1n) is 16.4. The Morgan fingerprint density at radius 1 is 1.19 bits per heavy atom. The van der Waals surface area contributed by atoms with E-state index in [4.69, 9.17) is 26.6 Å². The average molecular weight is 641 g/mol. The second-order valence-corrected chi connectivity index (χ2v) is 13.8. The Labute approximate surface area is 272 Å². The van der Waals surface area contributed by atoms with Crippen molar-refractivity contribution in [2.24, 2.45) is 11.1 Å². The Balaban J connectivity index is 1.23. The molecule has 244 valence electrons. The zero-order chi connectivity index (χ0) is 32.5. The second kappa shape index (κ2) is 11.3. The molecule has 0 radical (unpaired) electrons. The van der Waals surface area contributed by atoms with Crippen LogP contribution in [0, 0.1) is 23.6 Å². The van der Waals surface area contributed by atoms with Crippen molar-refractivity contribution in [3.8, 4) is 35.4 Å². The van der Waals surface area contributed by atoms with E-state index in [2.05, 4.69) is 25.7 Å². The minimum absolute atomic E-state index is 0.00401. The fourth-order valence-corrected chi connectivity index (χ4v) is 8.52. The first-order chi connectivity index (χ1) is 22.7. The fraction of sp³-hybridized carbons (Fsp3) is 0.472. The third-order valence-corrected chi connectivity index (χ3v) is 11.2. The number of hydrogen-bond acceptors (Lipinski definition) is 9. The number of nitrogens with two attached hydrogens (primary N) is 1. The van der Waals surface area contributed by atoms with Crippen LogP contribution in [0.25, 0.3) is 32.9 Å². The van der Waals surface area contributed by atoms with Gasteiger partial charge in [-0.2, -0.15) is 9.97 Å². The number of nitrogens with zero attached hydrogens (tertiary/aromatic N) is 5. The van der Waals surface area contributed by atoms with Gasteiger partial charge in [0.15, 0.2) is 5.82 Å². The van der Waals surface area contributed by atoms with Gasteiger partial charge in [-0.25, -0.2) is 8.78 Å². The van der Waals surface area contributed by atoms with E-state index in [-0.39, 0.29) is 47.1 Å². The number of pyridine rings is 1. The molecule has 0 amide bonds. The van der Waals surface area contributed by atoms with Gasteiger partial charge in [-0.1, -0.05) is 18.1 Å². The molecule has 6 heterocycles. The van der Waals surface area contributed by atoms with Gasteiger partial charge in [0.05, 0.1) is 23.6 Å². The summed E-state index contributed by atoms with van der Waals surface area (Å²) in [6.07, 6.45) is 10.3. The van der Waals surface area contributed by atoms with E-state index in [0.29, 0.717) is 65.8 Å². The number of rotatable bonds is 5. The molecule has 0 unspecified atom stereocenters. The number of alkyl halides is 1. The Morgan fingerprint density at radius 3 is 2.79 bits per heavy atom. The number of benzene rings is 2. The molecule has 4 aliphatic rings. The molecule has 9 nitrogen and oxygen atoms in total. The van der Waals surface area contributed by atoms with E-state index in [1.807, 2.05) is 13.0 Å². The molecule has 2 aromatic heterocycles. The summed E-state index contributed by atoms with van der Waals surface area (Å²) in [6, 6.07) is 8.42. The number of terminal acetylenes is 1. The number of phenolic OH excluding ortho intramolecular Hbond substituents is 1. The molecule has 0 saturated carbocycles. The highest BCUT2D eigenvalue weighted by molar-refractivity contribution is 6.02. The molecule has 4 fully saturated rings. The number of piperidine rings is 1. The lowest BCUT2D eigenvalue weighted by atomic mass is 9.73. The highest BCUT2D eigenvalue weighted by Gasteiger charge is 2.50. The average Bonchev–Trinajstić information content (AvgIpc) is 3.69. The molecule has 0 aliphatic carbocycles. The Morgan fingerprint density at radius 2 is 2.02 bits per heavy atom. The van der Waals surface area contributed by atoms with Crippen molar-refractivity contribution in [1.82, 2.24) is 19.9 Å². The van der Waals surface area contributed by atoms with Gasteiger partial charge >= 0.3 is 6.01 Å². The van der Waals surface area contributed by atoms with Gasteiger partial charge in [-0.15, -0.1) is 6.42 Å². The van der Waals surface area contributed by atoms with Gasteiger partial charge < -0.3 is 25.2 Å². The van der Waals surface area contributed by atoms with Crippen LogP contribution in [-0.4, -0.2) is 88.2 Å². The summed E-state index contributed by atoms with van der Waals surface area (Å²) in [7, 11) is 0. The summed E-state index contributed by atoms with van der Waals surface area (Å²) in [6.45, 7) is 5.36. The number of fused-ring (bicyclic) bond motifs is 3. The molecule has 11 heteroatoms.